The molecule has 2 aromatic rings. The van der Waals surface area contributed by atoms with Crippen molar-refractivity contribution in [2.75, 3.05) is 45.1 Å². The van der Waals surface area contributed by atoms with Crippen molar-refractivity contribution in [3.63, 3.8) is 0 Å². The van der Waals surface area contributed by atoms with Crippen molar-refractivity contribution < 1.29 is 8.42 Å². The molecule has 8 heteroatoms. The van der Waals surface area contributed by atoms with Gasteiger partial charge in [-0.2, -0.15) is 5.26 Å². The molecule has 1 fully saturated rings. The lowest BCUT2D eigenvalue weighted by atomic mass is 10.0. The smallest absolute Gasteiger partial charge is 0.238 e. The summed E-state index contributed by atoms with van der Waals surface area (Å²) in [6.45, 7) is 4.70. The topological polar surface area (TPSA) is 102 Å². The Morgan fingerprint density at radius 3 is 2.66 bits per heavy atom. The highest BCUT2D eigenvalue weighted by Gasteiger charge is 2.25. The lowest BCUT2D eigenvalue weighted by Crippen LogP contribution is -2.47. The van der Waals surface area contributed by atoms with E-state index in [2.05, 4.69) is 46.4 Å². The molecule has 0 spiro atoms. The Balaban J connectivity index is 1.59. The summed E-state index contributed by atoms with van der Waals surface area (Å²) in [6.07, 6.45) is 0.912. The van der Waals surface area contributed by atoms with E-state index in [0.717, 1.165) is 32.6 Å². The van der Waals surface area contributed by atoms with Gasteiger partial charge >= 0.3 is 0 Å². The average molecular weight is 414 g/mol. The molecule has 0 bridgehead atoms. The number of likely N-dealkylation sites (N-methyl/N-ethyl adjacent to an activating group) is 1. The Morgan fingerprint density at radius 1 is 1.21 bits per heavy atom. The normalized spacial score (nSPS) is 18.3. The largest absolute Gasteiger partial charge is 0.384 e. The number of benzene rings is 2. The molecule has 3 N–H and O–H groups in total. The molecule has 1 heterocycles. The van der Waals surface area contributed by atoms with Crippen molar-refractivity contribution in [3.05, 3.63) is 59.7 Å². The van der Waals surface area contributed by atoms with Crippen LogP contribution in [0, 0.1) is 11.3 Å². The average Bonchev–Trinajstić information content (AvgIpc) is 2.72. The summed E-state index contributed by atoms with van der Waals surface area (Å²) in [6, 6.07) is 17.3. The van der Waals surface area contributed by atoms with Gasteiger partial charge in [-0.25, -0.2) is 13.6 Å². The molecule has 3 rings (SSSR count). The van der Waals surface area contributed by atoms with E-state index in [1.807, 2.05) is 12.1 Å². The van der Waals surface area contributed by atoms with Crippen molar-refractivity contribution in [3.8, 4) is 6.07 Å². The molecule has 7 nitrogen and oxygen atoms in total. The highest BCUT2D eigenvalue weighted by atomic mass is 32.2. The molecule has 0 aromatic heterocycles. The summed E-state index contributed by atoms with van der Waals surface area (Å²) in [5, 5.41) is 17.7. The zero-order valence-electron chi connectivity index (χ0n) is 16.6. The number of anilines is 1. The summed E-state index contributed by atoms with van der Waals surface area (Å²) in [5.41, 5.74) is 2.23. The first-order chi connectivity index (χ1) is 13.9. The Kier molecular flexibility index (Phi) is 6.87. The van der Waals surface area contributed by atoms with E-state index in [1.165, 1.54) is 17.7 Å². The number of hydrogen-bond donors (Lipinski definition) is 2. The second kappa shape index (κ2) is 9.37. The molecule has 0 aliphatic carbocycles. The summed E-state index contributed by atoms with van der Waals surface area (Å²) >= 11 is 0. The number of nitrogens with one attached hydrogen (secondary N) is 1. The highest BCUT2D eigenvalue weighted by molar-refractivity contribution is 7.89. The van der Waals surface area contributed by atoms with Crippen LogP contribution in [-0.2, 0) is 10.0 Å². The zero-order chi connectivity index (χ0) is 20.9. The second-order valence-corrected chi connectivity index (χ2v) is 8.93. The molecule has 0 amide bonds. The predicted molar refractivity (Wildman–Crippen MR) is 114 cm³/mol. The first kappa shape index (κ1) is 21.3. The molecule has 2 aromatic carbocycles. The van der Waals surface area contributed by atoms with Crippen molar-refractivity contribution in [2.45, 2.75) is 17.4 Å². The molecule has 1 saturated heterocycles. The Hall–Kier alpha value is -2.44. The fourth-order valence-electron chi connectivity index (χ4n) is 3.67. The number of piperazine rings is 1. The minimum absolute atomic E-state index is 0.0530. The van der Waals surface area contributed by atoms with Crippen LogP contribution in [0.3, 0.4) is 0 Å². The minimum atomic E-state index is -3.82. The van der Waals surface area contributed by atoms with E-state index in [-0.39, 0.29) is 10.5 Å². The van der Waals surface area contributed by atoms with Gasteiger partial charge in [0.2, 0.25) is 10.0 Å². The molecular weight excluding hydrogens is 386 g/mol. The van der Waals surface area contributed by atoms with Crippen molar-refractivity contribution >= 4 is 15.7 Å². The van der Waals surface area contributed by atoms with Crippen LogP contribution in [0.2, 0.25) is 0 Å². The van der Waals surface area contributed by atoms with E-state index in [1.54, 1.807) is 6.07 Å². The van der Waals surface area contributed by atoms with Crippen LogP contribution in [0.4, 0.5) is 5.69 Å². The maximum Gasteiger partial charge on any atom is 0.238 e. The van der Waals surface area contributed by atoms with Crippen LogP contribution in [-0.4, -0.2) is 58.0 Å². The van der Waals surface area contributed by atoms with Crippen molar-refractivity contribution in [1.29, 1.82) is 5.26 Å². The third-order valence-corrected chi connectivity index (χ3v) is 6.17. The SMILES string of the molecule is CN1CCN(CCCNc2ccc(S(N)(=O)=O)cc2C#N)C(c2ccccc2)C1. The number of nitriles is 1. The molecule has 154 valence electrons. The molecule has 1 atom stereocenters. The lowest BCUT2D eigenvalue weighted by molar-refractivity contribution is 0.0897. The van der Waals surface area contributed by atoms with Gasteiger partial charge in [0.15, 0.2) is 0 Å². The van der Waals surface area contributed by atoms with E-state index in [0.29, 0.717) is 18.3 Å². The zero-order valence-corrected chi connectivity index (χ0v) is 17.4. The monoisotopic (exact) mass is 413 g/mol. The fraction of sp³-hybridized carbons (Fsp3) is 0.381. The number of hydrogen-bond acceptors (Lipinski definition) is 6. The molecule has 1 aliphatic heterocycles. The van der Waals surface area contributed by atoms with Gasteiger partial charge in [0.05, 0.1) is 16.1 Å². The van der Waals surface area contributed by atoms with Gasteiger partial charge in [-0.05, 0) is 37.2 Å². The quantitative estimate of drug-likeness (QED) is 0.673. The van der Waals surface area contributed by atoms with Crippen LogP contribution < -0.4 is 10.5 Å². The van der Waals surface area contributed by atoms with E-state index < -0.39 is 10.0 Å². The van der Waals surface area contributed by atoms with E-state index >= 15 is 0 Å². The summed E-state index contributed by atoms with van der Waals surface area (Å²) in [4.78, 5) is 4.81. The first-order valence-corrected chi connectivity index (χ1v) is 11.2. The third kappa shape index (κ3) is 5.55. The number of primary sulfonamides is 1. The lowest BCUT2D eigenvalue weighted by Gasteiger charge is -2.40. The summed E-state index contributed by atoms with van der Waals surface area (Å²) in [7, 11) is -1.66. The number of nitrogens with zero attached hydrogens (tertiary/aromatic N) is 3. The number of rotatable bonds is 7. The molecule has 0 radical (unpaired) electrons. The molecule has 1 unspecified atom stereocenters. The van der Waals surface area contributed by atoms with Gasteiger partial charge in [-0.3, -0.25) is 4.90 Å². The Morgan fingerprint density at radius 2 is 1.97 bits per heavy atom. The van der Waals surface area contributed by atoms with Crippen molar-refractivity contribution in [1.82, 2.24) is 9.80 Å². The van der Waals surface area contributed by atoms with Gasteiger partial charge < -0.3 is 10.2 Å². The van der Waals surface area contributed by atoms with Gasteiger partial charge in [0.25, 0.3) is 0 Å². The summed E-state index contributed by atoms with van der Waals surface area (Å²) in [5.74, 6) is 0. The standard InChI is InChI=1S/C21H27N5O2S/c1-25-12-13-26(21(16-25)17-6-3-2-4-7-17)11-5-10-24-20-9-8-19(29(23,27)28)14-18(20)15-22/h2-4,6-9,14,21,24H,5,10-13,16H2,1H3,(H2,23,27,28). The number of nitrogens with two attached hydrogens (primary N) is 1. The van der Waals surface area contributed by atoms with Crippen LogP contribution in [0.1, 0.15) is 23.6 Å². The van der Waals surface area contributed by atoms with Gasteiger partial charge in [-0.15, -0.1) is 0 Å². The van der Waals surface area contributed by atoms with Crippen LogP contribution >= 0.6 is 0 Å². The molecule has 1 aliphatic rings. The number of sulfonamides is 1. The van der Waals surface area contributed by atoms with E-state index in [4.69, 9.17) is 5.14 Å². The van der Waals surface area contributed by atoms with Crippen LogP contribution in [0.15, 0.2) is 53.4 Å². The fourth-order valence-corrected chi connectivity index (χ4v) is 4.21. The maximum absolute atomic E-state index is 11.5. The predicted octanol–water partition coefficient (Wildman–Crippen LogP) is 2.00. The van der Waals surface area contributed by atoms with Crippen LogP contribution in [0.25, 0.3) is 0 Å². The van der Waals surface area contributed by atoms with Gasteiger partial charge in [-0.1, -0.05) is 30.3 Å². The molecular formula is C21H27N5O2S. The molecule has 29 heavy (non-hydrogen) atoms. The van der Waals surface area contributed by atoms with Crippen LogP contribution in [0.5, 0.6) is 0 Å². The minimum Gasteiger partial charge on any atom is -0.384 e. The molecule has 0 saturated carbocycles. The Bertz CT molecular complexity index is 972. The maximum atomic E-state index is 11.5. The Labute approximate surface area is 172 Å². The van der Waals surface area contributed by atoms with Crippen molar-refractivity contribution in [2.24, 2.45) is 5.14 Å². The first-order valence-electron chi connectivity index (χ1n) is 9.67. The van der Waals surface area contributed by atoms with Gasteiger partial charge in [0.1, 0.15) is 6.07 Å². The van der Waals surface area contributed by atoms with Gasteiger partial charge in [0, 0.05) is 38.8 Å². The second-order valence-electron chi connectivity index (χ2n) is 7.37. The van der Waals surface area contributed by atoms with E-state index in [9.17, 15) is 13.7 Å². The highest BCUT2D eigenvalue weighted by Crippen LogP contribution is 2.25. The third-order valence-electron chi connectivity index (χ3n) is 5.26. The summed E-state index contributed by atoms with van der Waals surface area (Å²) < 4.78 is 22.9.